The molecule has 0 unspecified atom stereocenters. The molecule has 0 fully saturated rings. The van der Waals surface area contributed by atoms with Gasteiger partial charge in [0.25, 0.3) is 0 Å². The fraction of sp³-hybridized carbons (Fsp3) is 0.0769. The van der Waals surface area contributed by atoms with Crippen molar-refractivity contribution >= 4 is 39.0 Å². The van der Waals surface area contributed by atoms with Crippen LogP contribution in [0, 0.1) is 0 Å². The van der Waals surface area contributed by atoms with E-state index >= 15 is 0 Å². The molecule has 9 rings (SSSR count). The van der Waals surface area contributed by atoms with E-state index in [0.29, 0.717) is 17.2 Å². The summed E-state index contributed by atoms with van der Waals surface area (Å²) in [6, 6.07) is 44.1. The number of fused-ring (bicyclic) bond motifs is 8. The number of para-hydroxylation sites is 3. The summed E-state index contributed by atoms with van der Waals surface area (Å²) in [5, 5.41) is 2.18. The molecule has 206 valence electrons. The average Bonchev–Trinajstić information content (AvgIpc) is 3.52. The lowest BCUT2D eigenvalue weighted by Gasteiger charge is -2.29. The summed E-state index contributed by atoms with van der Waals surface area (Å²) in [5.41, 5.74) is 10.00. The Morgan fingerprint density at radius 1 is 0.465 bits per heavy atom. The maximum atomic E-state index is 6.34. The highest BCUT2D eigenvalue weighted by Crippen LogP contribution is 2.52. The highest BCUT2D eigenvalue weighted by molar-refractivity contribution is 6.06. The molecular formula is C39H27NO3. The van der Waals surface area contributed by atoms with Crippen LogP contribution in [0.2, 0.25) is 0 Å². The van der Waals surface area contributed by atoms with Crippen molar-refractivity contribution in [2.45, 2.75) is 19.3 Å². The Bertz CT molecular complexity index is 2240. The normalized spacial score (nSPS) is 13.9. The summed E-state index contributed by atoms with van der Waals surface area (Å²) in [4.78, 5) is 2.30. The summed E-state index contributed by atoms with van der Waals surface area (Å²) >= 11 is 0. The first-order chi connectivity index (χ1) is 21.0. The van der Waals surface area contributed by atoms with Gasteiger partial charge in [-0.15, -0.1) is 0 Å². The Morgan fingerprint density at radius 3 is 1.95 bits per heavy atom. The Kier molecular flexibility index (Phi) is 4.92. The van der Waals surface area contributed by atoms with Gasteiger partial charge in [0.05, 0.1) is 5.69 Å². The number of ether oxygens (including phenoxy) is 2. The van der Waals surface area contributed by atoms with Gasteiger partial charge in [0.1, 0.15) is 11.2 Å². The monoisotopic (exact) mass is 557 g/mol. The van der Waals surface area contributed by atoms with Crippen molar-refractivity contribution in [1.29, 1.82) is 0 Å². The van der Waals surface area contributed by atoms with E-state index in [-0.39, 0.29) is 5.41 Å². The zero-order valence-corrected chi connectivity index (χ0v) is 23.8. The third kappa shape index (κ3) is 3.56. The van der Waals surface area contributed by atoms with Crippen LogP contribution < -0.4 is 14.4 Å². The highest BCUT2D eigenvalue weighted by Gasteiger charge is 2.36. The highest BCUT2D eigenvalue weighted by atomic mass is 16.6. The zero-order chi connectivity index (χ0) is 28.7. The molecule has 0 saturated heterocycles. The van der Waals surface area contributed by atoms with E-state index in [9.17, 15) is 0 Å². The van der Waals surface area contributed by atoms with Crippen molar-refractivity contribution < 1.29 is 13.9 Å². The topological polar surface area (TPSA) is 34.8 Å². The van der Waals surface area contributed by atoms with Crippen molar-refractivity contribution in [3.8, 4) is 34.1 Å². The van der Waals surface area contributed by atoms with Crippen LogP contribution in [0.4, 0.5) is 17.1 Å². The molecule has 0 atom stereocenters. The van der Waals surface area contributed by atoms with Crippen LogP contribution in [0.1, 0.15) is 25.0 Å². The van der Waals surface area contributed by atoms with Gasteiger partial charge in [-0.2, -0.15) is 0 Å². The molecule has 0 spiro atoms. The minimum Gasteiger partial charge on any atom is -0.456 e. The Balaban J connectivity index is 1.24. The molecule has 4 nitrogen and oxygen atoms in total. The average molecular weight is 558 g/mol. The van der Waals surface area contributed by atoms with Crippen LogP contribution in [-0.2, 0) is 5.41 Å². The molecule has 0 N–H and O–H groups in total. The molecule has 0 saturated carbocycles. The predicted molar refractivity (Wildman–Crippen MR) is 173 cm³/mol. The third-order valence-corrected chi connectivity index (χ3v) is 8.92. The van der Waals surface area contributed by atoms with Crippen molar-refractivity contribution in [3.05, 3.63) is 139 Å². The van der Waals surface area contributed by atoms with E-state index in [1.807, 2.05) is 42.5 Å². The van der Waals surface area contributed by atoms with Gasteiger partial charge in [0.15, 0.2) is 23.0 Å². The van der Waals surface area contributed by atoms with Crippen LogP contribution in [0.3, 0.4) is 0 Å². The maximum Gasteiger partial charge on any atom is 0.172 e. The fourth-order valence-corrected chi connectivity index (χ4v) is 6.79. The van der Waals surface area contributed by atoms with E-state index in [1.54, 1.807) is 0 Å². The van der Waals surface area contributed by atoms with Crippen LogP contribution in [0.15, 0.2) is 132 Å². The molecule has 7 aromatic rings. The number of furan rings is 1. The van der Waals surface area contributed by atoms with Crippen molar-refractivity contribution in [2.24, 2.45) is 0 Å². The van der Waals surface area contributed by atoms with Crippen LogP contribution in [-0.4, -0.2) is 0 Å². The van der Waals surface area contributed by atoms with Crippen LogP contribution >= 0.6 is 0 Å². The second kappa shape index (κ2) is 8.76. The van der Waals surface area contributed by atoms with Gasteiger partial charge in [-0.3, -0.25) is 0 Å². The third-order valence-electron chi connectivity index (χ3n) is 8.92. The molecule has 2 heterocycles. The Hall–Kier alpha value is -5.48. The fourth-order valence-electron chi connectivity index (χ4n) is 6.79. The van der Waals surface area contributed by atoms with E-state index < -0.39 is 0 Å². The molecular weight excluding hydrogens is 530 g/mol. The second-order valence-corrected chi connectivity index (χ2v) is 11.8. The number of hydrogen-bond acceptors (Lipinski definition) is 4. The van der Waals surface area contributed by atoms with Gasteiger partial charge >= 0.3 is 0 Å². The zero-order valence-electron chi connectivity index (χ0n) is 23.8. The van der Waals surface area contributed by atoms with Crippen molar-refractivity contribution in [3.63, 3.8) is 0 Å². The summed E-state index contributed by atoms with van der Waals surface area (Å²) in [5.74, 6) is 2.81. The molecule has 0 bridgehead atoms. The first-order valence-corrected chi connectivity index (χ1v) is 14.6. The summed E-state index contributed by atoms with van der Waals surface area (Å²) < 4.78 is 18.7. The number of benzene rings is 6. The van der Waals surface area contributed by atoms with E-state index in [4.69, 9.17) is 13.9 Å². The molecule has 1 aliphatic heterocycles. The van der Waals surface area contributed by atoms with E-state index in [2.05, 4.69) is 104 Å². The molecule has 4 heteroatoms. The number of nitrogens with zero attached hydrogens (tertiary/aromatic N) is 1. The Morgan fingerprint density at radius 2 is 1.07 bits per heavy atom. The first-order valence-electron chi connectivity index (χ1n) is 14.6. The smallest absolute Gasteiger partial charge is 0.172 e. The van der Waals surface area contributed by atoms with Gasteiger partial charge < -0.3 is 18.8 Å². The quantitative estimate of drug-likeness (QED) is 0.216. The first kappa shape index (κ1) is 24.2. The molecule has 1 aliphatic carbocycles. The number of rotatable bonds is 3. The van der Waals surface area contributed by atoms with Gasteiger partial charge in [-0.1, -0.05) is 74.5 Å². The van der Waals surface area contributed by atoms with Crippen LogP contribution in [0.25, 0.3) is 33.1 Å². The predicted octanol–water partition coefficient (Wildman–Crippen LogP) is 11.3. The van der Waals surface area contributed by atoms with Crippen molar-refractivity contribution in [2.75, 3.05) is 4.90 Å². The molecule has 2 aliphatic rings. The van der Waals surface area contributed by atoms with Gasteiger partial charge in [-0.05, 0) is 82.9 Å². The lowest BCUT2D eigenvalue weighted by Crippen LogP contribution is -2.16. The van der Waals surface area contributed by atoms with Crippen LogP contribution in [0.5, 0.6) is 23.0 Å². The number of hydrogen-bond donors (Lipinski definition) is 0. The molecule has 0 radical (unpaired) electrons. The van der Waals surface area contributed by atoms with Gasteiger partial charge in [0.2, 0.25) is 0 Å². The SMILES string of the molecule is CC1(C)c2ccccc2-c2ccc(N(c3ccc4c(c3)Oc3ccccc3O4)c3ccc4oc5ccccc5c4c3)cc21. The molecule has 1 aromatic heterocycles. The Labute approximate surface area is 249 Å². The minimum atomic E-state index is -0.116. The second-order valence-electron chi connectivity index (χ2n) is 11.8. The summed E-state index contributed by atoms with van der Waals surface area (Å²) in [6.07, 6.45) is 0. The largest absolute Gasteiger partial charge is 0.456 e. The van der Waals surface area contributed by atoms with E-state index in [0.717, 1.165) is 44.8 Å². The molecule has 43 heavy (non-hydrogen) atoms. The van der Waals surface area contributed by atoms with E-state index in [1.165, 1.54) is 22.3 Å². The summed E-state index contributed by atoms with van der Waals surface area (Å²) in [6.45, 7) is 4.63. The van der Waals surface area contributed by atoms with Crippen molar-refractivity contribution in [1.82, 2.24) is 0 Å². The standard InChI is InChI=1S/C39H27NO3/c1-39(2)31-11-5-3-9-27(31)28-18-15-25(22-32(28)39)40(24-16-19-34-30(21-24)29-10-4-6-12-33(29)41-34)26-17-20-37-38(23-26)43-36-14-8-7-13-35(36)42-37/h3-23H,1-2H3. The lowest BCUT2D eigenvalue weighted by molar-refractivity contribution is 0.360. The maximum absolute atomic E-state index is 6.34. The number of anilines is 3. The summed E-state index contributed by atoms with van der Waals surface area (Å²) in [7, 11) is 0. The van der Waals surface area contributed by atoms with Gasteiger partial charge in [0, 0.05) is 33.6 Å². The molecule has 6 aromatic carbocycles. The lowest BCUT2D eigenvalue weighted by atomic mass is 9.82. The minimum absolute atomic E-state index is 0.116. The molecule has 0 amide bonds. The van der Waals surface area contributed by atoms with Gasteiger partial charge in [-0.25, -0.2) is 0 Å².